The Balaban J connectivity index is 1.78. The van der Waals surface area contributed by atoms with Gasteiger partial charge in [-0.1, -0.05) is 85.0 Å². The van der Waals surface area contributed by atoms with E-state index in [1.54, 1.807) is 24.6 Å². The second-order valence-corrected chi connectivity index (χ2v) is 11.0. The van der Waals surface area contributed by atoms with Crippen LogP contribution in [0.3, 0.4) is 0 Å². The van der Waals surface area contributed by atoms with Crippen LogP contribution in [0.15, 0.2) is 124 Å². The van der Waals surface area contributed by atoms with Crippen molar-refractivity contribution in [3.05, 3.63) is 126 Å². The molecular weight excluding hydrogens is 602 g/mol. The highest BCUT2D eigenvalue weighted by atomic mass is 16.1. The number of hydrazone groups is 2. The number of allylic oxidation sites excluding steroid dienone is 2. The second-order valence-electron chi connectivity index (χ2n) is 11.0. The molecule has 3 aromatic rings. The van der Waals surface area contributed by atoms with Crippen molar-refractivity contribution < 1.29 is 9.59 Å². The molecule has 11 heteroatoms. The van der Waals surface area contributed by atoms with Gasteiger partial charge in [0.2, 0.25) is 0 Å². The fourth-order valence-electron chi connectivity index (χ4n) is 4.74. The van der Waals surface area contributed by atoms with Gasteiger partial charge in [0.15, 0.2) is 6.29 Å². The molecular formula is C37H45N9O2. The largest absolute Gasteiger partial charge is 0.323 e. The first-order valence-corrected chi connectivity index (χ1v) is 15.8. The summed E-state index contributed by atoms with van der Waals surface area (Å²) < 4.78 is 0. The van der Waals surface area contributed by atoms with Crippen LogP contribution in [-0.2, 0) is 24.4 Å². The molecule has 0 aliphatic carbocycles. The van der Waals surface area contributed by atoms with Crippen LogP contribution < -0.4 is 11.7 Å². The van der Waals surface area contributed by atoms with Gasteiger partial charge in [-0.15, -0.1) is 6.58 Å². The van der Waals surface area contributed by atoms with E-state index in [1.165, 1.54) is 0 Å². The maximum atomic E-state index is 11.5. The molecule has 250 valence electrons. The Bertz CT molecular complexity index is 1550. The minimum absolute atomic E-state index is 0.245. The standard InChI is InChI=1S/C37H45N9O2/c1-2-11-33(29-47)16-10-19-45(27-36(43-38)24-40-22-31-12-5-3-6-13-31)20-21-46(26-34-17-9-18-35(30-48)42-34)28-37(44-39)25-41-23-32-14-7-4-8-15-32/h2-10,12-18,24-25,29-30,33H,1,11,19-23,26-28,38-39H2/b16-10+,40-24?,41-25?,43-36+,44-37+. The maximum Gasteiger partial charge on any atom is 0.168 e. The van der Waals surface area contributed by atoms with Crippen molar-refractivity contribution in [2.24, 2.45) is 37.8 Å². The van der Waals surface area contributed by atoms with E-state index < -0.39 is 0 Å². The molecule has 0 amide bonds. The number of hydrogen-bond donors (Lipinski definition) is 2. The molecule has 0 saturated heterocycles. The van der Waals surface area contributed by atoms with Crippen molar-refractivity contribution >= 4 is 36.4 Å². The first-order chi connectivity index (χ1) is 23.6. The minimum Gasteiger partial charge on any atom is -0.323 e. The van der Waals surface area contributed by atoms with E-state index in [1.807, 2.05) is 84.9 Å². The van der Waals surface area contributed by atoms with Gasteiger partial charge in [0.05, 0.1) is 30.2 Å². The molecule has 0 saturated carbocycles. The Labute approximate surface area is 283 Å². The zero-order valence-electron chi connectivity index (χ0n) is 27.3. The Kier molecular flexibility index (Phi) is 17.1. The molecule has 1 aromatic heterocycles. The first-order valence-electron chi connectivity index (χ1n) is 15.8. The van der Waals surface area contributed by atoms with E-state index >= 15 is 0 Å². The average molecular weight is 648 g/mol. The monoisotopic (exact) mass is 647 g/mol. The highest BCUT2D eigenvalue weighted by molar-refractivity contribution is 6.31. The SMILES string of the molecule is C=CCC(C=O)/C=C/CN(CCN(C/C(C=NCc1ccccc1)=N/N)Cc1cccc(C=O)n1)C/C(C=NCc1ccccc1)=N/N. The van der Waals surface area contributed by atoms with Crippen LogP contribution in [0.5, 0.6) is 0 Å². The summed E-state index contributed by atoms with van der Waals surface area (Å²) in [6, 6.07) is 25.2. The lowest BCUT2D eigenvalue weighted by atomic mass is 10.1. The number of aldehydes is 2. The van der Waals surface area contributed by atoms with E-state index in [9.17, 15) is 9.59 Å². The fourth-order valence-corrected chi connectivity index (χ4v) is 4.74. The zero-order chi connectivity index (χ0) is 34.2. The quantitative estimate of drug-likeness (QED) is 0.0547. The normalized spacial score (nSPS) is 13.2. The van der Waals surface area contributed by atoms with Crippen molar-refractivity contribution in [2.75, 3.05) is 32.7 Å². The highest BCUT2D eigenvalue weighted by Gasteiger charge is 2.15. The van der Waals surface area contributed by atoms with Gasteiger partial charge in [0.1, 0.15) is 12.0 Å². The highest BCUT2D eigenvalue weighted by Crippen LogP contribution is 2.07. The lowest BCUT2D eigenvalue weighted by molar-refractivity contribution is -0.109. The van der Waals surface area contributed by atoms with E-state index in [2.05, 4.69) is 41.6 Å². The molecule has 1 heterocycles. The third-order valence-corrected chi connectivity index (χ3v) is 7.24. The summed E-state index contributed by atoms with van der Waals surface area (Å²) >= 11 is 0. The molecule has 0 aliphatic rings. The van der Waals surface area contributed by atoms with Gasteiger partial charge in [-0.2, -0.15) is 10.2 Å². The summed E-state index contributed by atoms with van der Waals surface area (Å²) in [6.45, 7) is 7.74. The number of carbonyl (C=O) groups excluding carboxylic acids is 2. The third-order valence-electron chi connectivity index (χ3n) is 7.24. The summed E-state index contributed by atoms with van der Waals surface area (Å²) in [7, 11) is 0. The van der Waals surface area contributed by atoms with Gasteiger partial charge in [-0.05, 0) is 29.7 Å². The van der Waals surface area contributed by atoms with Gasteiger partial charge in [0.25, 0.3) is 0 Å². The molecule has 11 nitrogen and oxygen atoms in total. The molecule has 48 heavy (non-hydrogen) atoms. The number of aromatic nitrogens is 1. The number of carbonyl (C=O) groups is 2. The van der Waals surface area contributed by atoms with Crippen LogP contribution in [0.25, 0.3) is 0 Å². The molecule has 3 rings (SSSR count). The predicted octanol–water partition coefficient (Wildman–Crippen LogP) is 4.12. The number of rotatable bonds is 22. The van der Waals surface area contributed by atoms with E-state index in [0.717, 1.165) is 29.4 Å². The lowest BCUT2D eigenvalue weighted by Gasteiger charge is -2.27. The molecule has 0 spiro atoms. The summed E-state index contributed by atoms with van der Waals surface area (Å²) in [4.78, 5) is 40.8. The van der Waals surface area contributed by atoms with Crippen LogP contribution >= 0.6 is 0 Å². The summed E-state index contributed by atoms with van der Waals surface area (Å²) in [5.74, 6) is 11.4. The first kappa shape index (κ1) is 37.1. The fraction of sp³-hybridized carbons (Fsp3) is 0.270. The summed E-state index contributed by atoms with van der Waals surface area (Å²) in [5.41, 5.74) is 4.47. The molecule has 0 bridgehead atoms. The van der Waals surface area contributed by atoms with Crippen molar-refractivity contribution in [1.29, 1.82) is 0 Å². The Morgan fingerprint density at radius 3 is 1.92 bits per heavy atom. The van der Waals surface area contributed by atoms with Crippen LogP contribution in [-0.4, -0.2) is 83.9 Å². The molecule has 0 radical (unpaired) electrons. The summed E-state index contributed by atoms with van der Waals surface area (Å²) in [5, 5.41) is 8.01. The van der Waals surface area contributed by atoms with E-state index in [4.69, 9.17) is 11.7 Å². The third kappa shape index (κ3) is 14.4. The van der Waals surface area contributed by atoms with Crippen LogP contribution in [0.4, 0.5) is 0 Å². The second kappa shape index (κ2) is 22.2. The maximum absolute atomic E-state index is 11.5. The zero-order valence-corrected chi connectivity index (χ0v) is 27.3. The number of nitrogens with zero attached hydrogens (tertiary/aromatic N) is 7. The predicted molar refractivity (Wildman–Crippen MR) is 195 cm³/mol. The van der Waals surface area contributed by atoms with Gasteiger partial charge in [-0.3, -0.25) is 24.6 Å². The van der Waals surface area contributed by atoms with Crippen molar-refractivity contribution in [3.63, 3.8) is 0 Å². The molecule has 0 fully saturated rings. The van der Waals surface area contributed by atoms with Crippen molar-refractivity contribution in [3.8, 4) is 0 Å². The Hall–Kier alpha value is -5.39. The minimum atomic E-state index is -0.245. The molecule has 0 aliphatic heterocycles. The lowest BCUT2D eigenvalue weighted by Crippen LogP contribution is -2.40. The number of aliphatic imine (C=N–C) groups is 2. The Morgan fingerprint density at radius 2 is 1.38 bits per heavy atom. The summed E-state index contributed by atoms with van der Waals surface area (Å²) in [6.07, 6.45) is 11.2. The molecule has 2 aromatic carbocycles. The van der Waals surface area contributed by atoms with Crippen molar-refractivity contribution in [1.82, 2.24) is 14.8 Å². The topological polar surface area (TPSA) is 155 Å². The number of pyridine rings is 1. The van der Waals surface area contributed by atoms with Gasteiger partial charge in [0, 0.05) is 57.6 Å². The average Bonchev–Trinajstić information content (AvgIpc) is 3.13. The van der Waals surface area contributed by atoms with Gasteiger partial charge < -0.3 is 16.5 Å². The number of hydrogen-bond acceptors (Lipinski definition) is 11. The van der Waals surface area contributed by atoms with Crippen LogP contribution in [0, 0.1) is 5.92 Å². The number of nitrogens with two attached hydrogens (primary N) is 2. The smallest absolute Gasteiger partial charge is 0.168 e. The molecule has 1 atom stereocenters. The molecule has 1 unspecified atom stereocenters. The van der Waals surface area contributed by atoms with Gasteiger partial charge in [-0.25, -0.2) is 4.98 Å². The van der Waals surface area contributed by atoms with Crippen LogP contribution in [0.1, 0.15) is 33.7 Å². The Morgan fingerprint density at radius 1 is 0.792 bits per heavy atom. The molecule has 4 N–H and O–H groups in total. The van der Waals surface area contributed by atoms with E-state index in [0.29, 0.717) is 75.9 Å². The van der Waals surface area contributed by atoms with Crippen molar-refractivity contribution in [2.45, 2.75) is 26.1 Å². The van der Waals surface area contributed by atoms with Crippen LogP contribution in [0.2, 0.25) is 0 Å². The number of benzene rings is 2. The van der Waals surface area contributed by atoms with E-state index in [-0.39, 0.29) is 5.92 Å². The van der Waals surface area contributed by atoms with Gasteiger partial charge >= 0.3 is 0 Å².